The van der Waals surface area contributed by atoms with E-state index in [9.17, 15) is 0 Å². The second kappa shape index (κ2) is 7.33. The van der Waals surface area contributed by atoms with Crippen molar-refractivity contribution in [2.75, 3.05) is 13.2 Å². The van der Waals surface area contributed by atoms with Gasteiger partial charge in [0, 0.05) is 0 Å². The lowest BCUT2D eigenvalue weighted by Crippen LogP contribution is -2.34. The highest BCUT2D eigenvalue weighted by Gasteiger charge is 2.42. The molecule has 0 saturated heterocycles. The van der Waals surface area contributed by atoms with Gasteiger partial charge >= 0.3 is 0 Å². The third-order valence-electron chi connectivity index (χ3n) is 6.12. The van der Waals surface area contributed by atoms with Crippen molar-refractivity contribution in [2.24, 2.45) is 15.4 Å². The van der Waals surface area contributed by atoms with Crippen molar-refractivity contribution in [3.05, 3.63) is 69.8 Å². The second-order valence-corrected chi connectivity index (χ2v) is 8.76. The molecule has 2 aliphatic heterocycles. The quantitative estimate of drug-likeness (QED) is 0.683. The van der Waals surface area contributed by atoms with Gasteiger partial charge in [-0.15, -0.1) is 0 Å². The average Bonchev–Trinajstić information content (AvgIpc) is 3.32. The first kappa shape index (κ1) is 19.7. The van der Waals surface area contributed by atoms with Crippen LogP contribution in [0.4, 0.5) is 0 Å². The second-order valence-electron chi connectivity index (χ2n) is 8.76. The van der Waals surface area contributed by atoms with E-state index < -0.39 is 5.41 Å². The summed E-state index contributed by atoms with van der Waals surface area (Å²) in [7, 11) is 0. The van der Waals surface area contributed by atoms with Gasteiger partial charge in [-0.3, -0.25) is 0 Å². The number of ether oxygens (including phenoxy) is 2. The summed E-state index contributed by atoms with van der Waals surface area (Å²) < 4.78 is 12.2. The largest absolute Gasteiger partial charge is 0.478 e. The summed E-state index contributed by atoms with van der Waals surface area (Å²) in [5.41, 5.74) is 7.06. The van der Waals surface area contributed by atoms with Crippen molar-refractivity contribution in [1.82, 2.24) is 0 Å². The molecule has 4 nitrogen and oxygen atoms in total. The maximum absolute atomic E-state index is 6.08. The smallest absolute Gasteiger partial charge is 0.199 e. The van der Waals surface area contributed by atoms with Gasteiger partial charge in [0.2, 0.25) is 0 Å². The summed E-state index contributed by atoms with van der Waals surface area (Å²) in [5, 5.41) is 0. The molecule has 0 aliphatic carbocycles. The summed E-state index contributed by atoms with van der Waals surface area (Å²) in [6, 6.07) is 12.8. The molecule has 2 atom stereocenters. The standard InChI is InChI=1S/C25H30N2O2/c1-15-9-7-10-16(2)21(15)19-13-28-23(26-19)25(5,6)24-27-20(14-29-24)22-17(3)11-8-12-18(22)4/h7-12,19-20H,13-14H2,1-6H3. The van der Waals surface area contributed by atoms with Crippen molar-refractivity contribution in [1.29, 1.82) is 0 Å². The molecule has 4 rings (SSSR count). The minimum atomic E-state index is -0.489. The monoisotopic (exact) mass is 390 g/mol. The van der Waals surface area contributed by atoms with Gasteiger partial charge in [-0.2, -0.15) is 0 Å². The Morgan fingerprint density at radius 1 is 0.690 bits per heavy atom. The van der Waals surface area contributed by atoms with E-state index in [0.29, 0.717) is 25.0 Å². The summed E-state index contributed by atoms with van der Waals surface area (Å²) in [6.45, 7) is 13.9. The zero-order chi connectivity index (χ0) is 20.8. The molecule has 2 heterocycles. The Balaban J connectivity index is 1.62. The lowest BCUT2D eigenvalue weighted by Gasteiger charge is -2.22. The normalized spacial score (nSPS) is 21.4. The fraction of sp³-hybridized carbons (Fsp3) is 0.440. The number of benzene rings is 2. The van der Waals surface area contributed by atoms with Crippen LogP contribution in [-0.4, -0.2) is 25.0 Å². The van der Waals surface area contributed by atoms with Gasteiger partial charge in [0.1, 0.15) is 30.7 Å². The SMILES string of the molecule is Cc1cccc(C)c1C1COC(C(C)(C)C2=NC(c3c(C)cccc3C)CO2)=N1. The first-order valence-electron chi connectivity index (χ1n) is 10.3. The highest BCUT2D eigenvalue weighted by Crippen LogP contribution is 2.37. The summed E-state index contributed by atoms with van der Waals surface area (Å²) in [6.07, 6.45) is 0. The molecule has 2 aromatic carbocycles. The maximum Gasteiger partial charge on any atom is 0.199 e. The van der Waals surface area contributed by atoms with Crippen molar-refractivity contribution < 1.29 is 9.47 Å². The Bertz CT molecular complexity index is 884. The fourth-order valence-corrected chi connectivity index (χ4v) is 4.52. The number of aliphatic imine (C=N–C) groups is 2. The molecule has 2 unspecified atom stereocenters. The van der Waals surface area contributed by atoms with Crippen molar-refractivity contribution >= 4 is 11.8 Å². The Morgan fingerprint density at radius 2 is 1.03 bits per heavy atom. The first-order valence-corrected chi connectivity index (χ1v) is 10.3. The van der Waals surface area contributed by atoms with Crippen LogP contribution >= 0.6 is 0 Å². The predicted octanol–water partition coefficient (Wildman–Crippen LogP) is 5.59. The lowest BCUT2D eigenvalue weighted by molar-refractivity contribution is 0.264. The molecular weight excluding hydrogens is 360 g/mol. The van der Waals surface area contributed by atoms with Gasteiger partial charge in [-0.25, -0.2) is 9.98 Å². The number of nitrogens with zero attached hydrogens (tertiary/aromatic N) is 2. The number of aryl methyl sites for hydroxylation is 4. The van der Waals surface area contributed by atoms with Gasteiger partial charge in [0.05, 0.1) is 0 Å². The first-order chi connectivity index (χ1) is 13.8. The third kappa shape index (κ3) is 3.45. The molecule has 0 radical (unpaired) electrons. The zero-order valence-corrected chi connectivity index (χ0v) is 18.2. The molecule has 0 amide bonds. The Kier molecular flexibility index (Phi) is 4.97. The molecule has 152 valence electrons. The number of hydrogen-bond acceptors (Lipinski definition) is 4. The molecule has 0 fully saturated rings. The van der Waals surface area contributed by atoms with Gasteiger partial charge in [0.25, 0.3) is 0 Å². The molecular formula is C25H30N2O2. The molecule has 4 heteroatoms. The summed E-state index contributed by atoms with van der Waals surface area (Å²) in [4.78, 5) is 9.93. The van der Waals surface area contributed by atoms with Crippen LogP contribution < -0.4 is 0 Å². The molecule has 0 saturated carbocycles. The Hall–Kier alpha value is -2.62. The summed E-state index contributed by atoms with van der Waals surface area (Å²) in [5.74, 6) is 1.43. The van der Waals surface area contributed by atoms with Crippen LogP contribution in [0, 0.1) is 33.1 Å². The van der Waals surface area contributed by atoms with Crippen LogP contribution in [-0.2, 0) is 9.47 Å². The molecule has 2 aliphatic rings. The Labute approximate surface area is 173 Å². The van der Waals surface area contributed by atoms with Gasteiger partial charge in [-0.05, 0) is 74.9 Å². The van der Waals surface area contributed by atoms with E-state index in [2.05, 4.69) is 77.9 Å². The van der Waals surface area contributed by atoms with Gasteiger partial charge in [0.15, 0.2) is 11.8 Å². The maximum atomic E-state index is 6.08. The number of hydrogen-bond donors (Lipinski definition) is 0. The molecule has 0 spiro atoms. The average molecular weight is 391 g/mol. The van der Waals surface area contributed by atoms with E-state index in [-0.39, 0.29) is 12.1 Å². The molecule has 0 aromatic heterocycles. The molecule has 29 heavy (non-hydrogen) atoms. The minimum Gasteiger partial charge on any atom is -0.478 e. The van der Waals surface area contributed by atoms with E-state index in [0.717, 1.165) is 0 Å². The van der Waals surface area contributed by atoms with Crippen molar-refractivity contribution in [3.8, 4) is 0 Å². The van der Waals surface area contributed by atoms with Crippen LogP contribution in [0.15, 0.2) is 46.4 Å². The lowest BCUT2D eigenvalue weighted by atomic mass is 9.92. The van der Waals surface area contributed by atoms with Gasteiger partial charge < -0.3 is 9.47 Å². The van der Waals surface area contributed by atoms with Crippen LogP contribution in [0.3, 0.4) is 0 Å². The van der Waals surface area contributed by atoms with E-state index in [4.69, 9.17) is 19.5 Å². The van der Waals surface area contributed by atoms with E-state index in [1.807, 2.05) is 0 Å². The summed E-state index contributed by atoms with van der Waals surface area (Å²) >= 11 is 0. The van der Waals surface area contributed by atoms with E-state index >= 15 is 0 Å². The van der Waals surface area contributed by atoms with Crippen molar-refractivity contribution in [2.45, 2.75) is 53.6 Å². The molecule has 0 N–H and O–H groups in total. The van der Waals surface area contributed by atoms with Crippen LogP contribution in [0.1, 0.15) is 59.3 Å². The molecule has 2 aromatic rings. The third-order valence-corrected chi connectivity index (χ3v) is 6.12. The fourth-order valence-electron chi connectivity index (χ4n) is 4.52. The zero-order valence-electron chi connectivity index (χ0n) is 18.2. The van der Waals surface area contributed by atoms with Crippen LogP contribution in [0.25, 0.3) is 0 Å². The topological polar surface area (TPSA) is 43.2 Å². The minimum absolute atomic E-state index is 0.0295. The van der Waals surface area contributed by atoms with Gasteiger partial charge in [-0.1, -0.05) is 36.4 Å². The Morgan fingerprint density at radius 3 is 1.38 bits per heavy atom. The number of rotatable bonds is 4. The molecule has 0 bridgehead atoms. The van der Waals surface area contributed by atoms with Crippen molar-refractivity contribution in [3.63, 3.8) is 0 Å². The predicted molar refractivity (Wildman–Crippen MR) is 118 cm³/mol. The van der Waals surface area contributed by atoms with Crippen LogP contribution in [0.5, 0.6) is 0 Å². The van der Waals surface area contributed by atoms with Crippen LogP contribution in [0.2, 0.25) is 0 Å². The van der Waals surface area contributed by atoms with E-state index in [1.165, 1.54) is 33.4 Å². The van der Waals surface area contributed by atoms with E-state index in [1.54, 1.807) is 0 Å². The highest BCUT2D eigenvalue weighted by molar-refractivity contribution is 6.05. The highest BCUT2D eigenvalue weighted by atomic mass is 16.5.